The Morgan fingerprint density at radius 3 is 2.57 bits per heavy atom. The van der Waals surface area contributed by atoms with Crippen LogP contribution >= 0.6 is 0 Å². The maximum atomic E-state index is 13.8. The summed E-state index contributed by atoms with van der Waals surface area (Å²) in [7, 11) is -4.02. The van der Waals surface area contributed by atoms with Crippen LogP contribution in [-0.2, 0) is 10.0 Å². The van der Waals surface area contributed by atoms with Crippen LogP contribution in [0.2, 0.25) is 0 Å². The van der Waals surface area contributed by atoms with Crippen LogP contribution in [0.15, 0.2) is 17.0 Å². The van der Waals surface area contributed by atoms with Gasteiger partial charge < -0.3 is 5.73 Å². The lowest BCUT2D eigenvalue weighted by Gasteiger charge is -2.31. The highest BCUT2D eigenvalue weighted by Crippen LogP contribution is 2.26. The number of benzene rings is 1. The summed E-state index contributed by atoms with van der Waals surface area (Å²) in [4.78, 5) is -0.511. The minimum absolute atomic E-state index is 0.0538. The number of hydrogen-bond donors (Lipinski definition) is 2. The third kappa shape index (κ3) is 3.59. The van der Waals surface area contributed by atoms with E-state index >= 15 is 0 Å². The first kappa shape index (κ1) is 16.3. The van der Waals surface area contributed by atoms with Crippen molar-refractivity contribution in [3.05, 3.63) is 29.3 Å². The second kappa shape index (κ2) is 6.37. The smallest absolute Gasteiger partial charge is 0.243 e. The predicted molar refractivity (Wildman–Crippen MR) is 76.2 cm³/mol. The van der Waals surface area contributed by atoms with Gasteiger partial charge in [-0.15, -0.1) is 0 Å². The van der Waals surface area contributed by atoms with E-state index in [4.69, 9.17) is 5.73 Å². The number of rotatable bonds is 4. The van der Waals surface area contributed by atoms with Gasteiger partial charge >= 0.3 is 0 Å². The van der Waals surface area contributed by atoms with Crippen molar-refractivity contribution in [3.63, 3.8) is 0 Å². The van der Waals surface area contributed by atoms with Crippen LogP contribution in [0.3, 0.4) is 0 Å². The summed E-state index contributed by atoms with van der Waals surface area (Å²) >= 11 is 0. The lowest BCUT2D eigenvalue weighted by atomic mass is 9.85. The monoisotopic (exact) mass is 318 g/mol. The molecule has 1 aliphatic rings. The number of hydrogen-bond acceptors (Lipinski definition) is 3. The van der Waals surface area contributed by atoms with Crippen molar-refractivity contribution < 1.29 is 17.2 Å². The Bertz CT molecular complexity index is 620. The zero-order chi connectivity index (χ0) is 15.6. The highest BCUT2D eigenvalue weighted by Gasteiger charge is 2.30. The molecule has 0 aliphatic heterocycles. The molecule has 1 aromatic carbocycles. The third-order valence-corrected chi connectivity index (χ3v) is 5.53. The number of sulfonamides is 1. The van der Waals surface area contributed by atoms with Crippen LogP contribution in [0.5, 0.6) is 0 Å². The van der Waals surface area contributed by atoms with Crippen molar-refractivity contribution in [2.24, 2.45) is 11.7 Å². The van der Waals surface area contributed by atoms with Crippen LogP contribution in [0.1, 0.15) is 31.2 Å². The molecular weight excluding hydrogens is 298 g/mol. The van der Waals surface area contributed by atoms with E-state index < -0.39 is 26.6 Å². The molecule has 118 valence electrons. The van der Waals surface area contributed by atoms with E-state index in [1.165, 1.54) is 6.92 Å². The Labute approximate surface area is 123 Å². The molecule has 2 atom stereocenters. The molecule has 0 spiro atoms. The van der Waals surface area contributed by atoms with E-state index in [9.17, 15) is 17.2 Å². The number of halogens is 2. The molecule has 3 N–H and O–H groups in total. The second-order valence-corrected chi connectivity index (χ2v) is 7.22. The Hall–Kier alpha value is -1.05. The van der Waals surface area contributed by atoms with Crippen LogP contribution in [0.25, 0.3) is 0 Å². The first-order valence-corrected chi connectivity index (χ1v) is 8.51. The van der Waals surface area contributed by atoms with Gasteiger partial charge in [0, 0.05) is 12.1 Å². The molecular formula is C14H20F2N2O2S. The lowest BCUT2D eigenvalue weighted by Crippen LogP contribution is -2.44. The molecule has 1 aromatic rings. The normalized spacial score (nSPS) is 23.2. The average molecular weight is 318 g/mol. The van der Waals surface area contributed by atoms with E-state index in [0.717, 1.165) is 25.3 Å². The summed E-state index contributed by atoms with van der Waals surface area (Å²) < 4.78 is 54.2. The Kier molecular flexibility index (Phi) is 4.95. The predicted octanol–water partition coefficient (Wildman–Crippen LogP) is 2.07. The van der Waals surface area contributed by atoms with Gasteiger partial charge in [-0.1, -0.05) is 12.8 Å². The first-order valence-electron chi connectivity index (χ1n) is 7.03. The van der Waals surface area contributed by atoms with Crippen LogP contribution < -0.4 is 10.5 Å². The molecule has 2 unspecified atom stereocenters. The topological polar surface area (TPSA) is 72.2 Å². The van der Waals surface area contributed by atoms with Gasteiger partial charge in [-0.2, -0.15) is 0 Å². The molecule has 0 saturated heterocycles. The number of nitrogens with two attached hydrogens (primary N) is 1. The number of nitrogens with one attached hydrogen (secondary N) is 1. The highest BCUT2D eigenvalue weighted by molar-refractivity contribution is 7.89. The summed E-state index contributed by atoms with van der Waals surface area (Å²) in [5.74, 6) is -1.78. The molecule has 4 nitrogen and oxygen atoms in total. The van der Waals surface area contributed by atoms with Gasteiger partial charge in [0.15, 0.2) is 0 Å². The van der Waals surface area contributed by atoms with Gasteiger partial charge in [-0.25, -0.2) is 21.9 Å². The van der Waals surface area contributed by atoms with Crippen molar-refractivity contribution in [2.45, 2.75) is 43.5 Å². The quantitative estimate of drug-likeness (QED) is 0.892. The highest BCUT2D eigenvalue weighted by atomic mass is 32.2. The van der Waals surface area contributed by atoms with Gasteiger partial charge in [0.25, 0.3) is 0 Å². The van der Waals surface area contributed by atoms with Crippen molar-refractivity contribution in [1.82, 2.24) is 4.72 Å². The lowest BCUT2D eigenvalue weighted by molar-refractivity contribution is 0.296. The zero-order valence-corrected chi connectivity index (χ0v) is 12.7. The average Bonchev–Trinajstić information content (AvgIpc) is 2.43. The summed E-state index contributed by atoms with van der Waals surface area (Å²) in [6.07, 6.45) is 3.47. The standard InChI is InChI=1S/C14H20F2N2O2S/c1-9-6-14(12(16)7-11(9)15)21(19,20)18-13-5-3-2-4-10(13)8-17/h6-7,10,13,18H,2-5,8,17H2,1H3. The fourth-order valence-electron chi connectivity index (χ4n) is 2.74. The molecule has 2 rings (SSSR count). The van der Waals surface area contributed by atoms with Crippen molar-refractivity contribution in [1.29, 1.82) is 0 Å². The molecule has 0 heterocycles. The molecule has 0 amide bonds. The van der Waals surface area contributed by atoms with E-state index in [1.807, 2.05) is 0 Å². The molecule has 1 fully saturated rings. The second-order valence-electron chi connectivity index (χ2n) is 5.54. The van der Waals surface area contributed by atoms with Crippen molar-refractivity contribution in [2.75, 3.05) is 6.54 Å². The molecule has 7 heteroatoms. The Morgan fingerprint density at radius 2 is 1.90 bits per heavy atom. The number of aryl methyl sites for hydroxylation is 1. The van der Waals surface area contributed by atoms with Crippen LogP contribution in [0.4, 0.5) is 8.78 Å². The van der Waals surface area contributed by atoms with Gasteiger partial charge in [0.1, 0.15) is 16.5 Å². The Morgan fingerprint density at radius 1 is 1.24 bits per heavy atom. The molecule has 0 aromatic heterocycles. The van der Waals surface area contributed by atoms with Gasteiger partial charge in [0.05, 0.1) is 0 Å². The molecule has 1 aliphatic carbocycles. The summed E-state index contributed by atoms with van der Waals surface area (Å²) in [6.45, 7) is 1.79. The maximum Gasteiger partial charge on any atom is 0.243 e. The summed E-state index contributed by atoms with van der Waals surface area (Å²) in [5, 5.41) is 0. The van der Waals surface area contributed by atoms with Crippen molar-refractivity contribution >= 4 is 10.0 Å². The summed E-state index contributed by atoms with van der Waals surface area (Å²) in [5.41, 5.74) is 5.76. The van der Waals surface area contributed by atoms with Gasteiger partial charge in [-0.3, -0.25) is 0 Å². The van der Waals surface area contributed by atoms with E-state index in [2.05, 4.69) is 4.72 Å². The molecule has 21 heavy (non-hydrogen) atoms. The zero-order valence-electron chi connectivity index (χ0n) is 11.9. The van der Waals surface area contributed by atoms with Gasteiger partial charge in [-0.05, 0) is 43.9 Å². The fourth-order valence-corrected chi connectivity index (χ4v) is 4.23. The van der Waals surface area contributed by atoms with Crippen molar-refractivity contribution in [3.8, 4) is 0 Å². The minimum Gasteiger partial charge on any atom is -0.330 e. The SMILES string of the molecule is Cc1cc(S(=O)(=O)NC2CCCCC2CN)c(F)cc1F. The molecule has 0 radical (unpaired) electrons. The fraction of sp³-hybridized carbons (Fsp3) is 0.571. The largest absolute Gasteiger partial charge is 0.330 e. The minimum atomic E-state index is -4.02. The molecule has 1 saturated carbocycles. The van der Waals surface area contributed by atoms with E-state index in [1.54, 1.807) is 0 Å². The van der Waals surface area contributed by atoms with E-state index in [-0.39, 0.29) is 17.5 Å². The first-order chi connectivity index (χ1) is 9.85. The van der Waals surface area contributed by atoms with Crippen LogP contribution in [0, 0.1) is 24.5 Å². The van der Waals surface area contributed by atoms with E-state index in [0.29, 0.717) is 19.0 Å². The Balaban J connectivity index is 2.28. The molecule has 0 bridgehead atoms. The third-order valence-electron chi connectivity index (χ3n) is 4.02. The van der Waals surface area contributed by atoms with Crippen LogP contribution in [-0.4, -0.2) is 21.0 Å². The van der Waals surface area contributed by atoms with Gasteiger partial charge in [0.2, 0.25) is 10.0 Å². The maximum absolute atomic E-state index is 13.8. The summed E-state index contributed by atoms with van der Waals surface area (Å²) in [6, 6.07) is 1.33.